The normalized spacial score (nSPS) is 24.5. The number of hydrogen-bond donors (Lipinski definition) is 2. The average Bonchev–Trinajstić information content (AvgIpc) is 2.07. The molecule has 2 unspecified atom stereocenters. The van der Waals surface area contributed by atoms with Crippen LogP contribution in [0.3, 0.4) is 0 Å². The number of halogens is 1. The molecule has 78 valence electrons. The molecule has 1 aliphatic rings. The van der Waals surface area contributed by atoms with Crippen LogP contribution in [-0.2, 0) is 9.53 Å². The van der Waals surface area contributed by atoms with Crippen LogP contribution in [0.2, 0.25) is 0 Å². The summed E-state index contributed by atoms with van der Waals surface area (Å²) < 4.78 is 5.21. The molecule has 5 heteroatoms. The van der Waals surface area contributed by atoms with E-state index in [9.17, 15) is 4.79 Å². The molecule has 4 nitrogen and oxygen atoms in total. The van der Waals surface area contributed by atoms with Crippen LogP contribution in [0.15, 0.2) is 0 Å². The van der Waals surface area contributed by atoms with Crippen LogP contribution in [0.25, 0.3) is 0 Å². The number of aliphatic carboxylic acids is 1. The van der Waals surface area contributed by atoms with E-state index >= 15 is 0 Å². The maximum atomic E-state index is 10.7. The Labute approximate surface area is 84.1 Å². The molecule has 2 atom stereocenters. The third kappa shape index (κ3) is 3.50. The van der Waals surface area contributed by atoms with E-state index in [1.165, 1.54) is 0 Å². The Bertz CT molecular complexity index is 159. The van der Waals surface area contributed by atoms with E-state index in [1.807, 2.05) is 0 Å². The van der Waals surface area contributed by atoms with Gasteiger partial charge in [-0.2, -0.15) is 0 Å². The zero-order chi connectivity index (χ0) is 8.97. The summed E-state index contributed by atoms with van der Waals surface area (Å²) in [6.07, 6.45) is 1.91. The molecule has 0 radical (unpaired) electrons. The maximum Gasteiger partial charge on any atom is 0.321 e. The van der Waals surface area contributed by atoms with Gasteiger partial charge in [0.15, 0.2) is 0 Å². The van der Waals surface area contributed by atoms with Crippen molar-refractivity contribution in [2.24, 2.45) is 5.92 Å². The molecule has 1 aliphatic heterocycles. The van der Waals surface area contributed by atoms with Crippen LogP contribution in [0, 0.1) is 5.92 Å². The molecule has 1 heterocycles. The molecule has 0 saturated carbocycles. The van der Waals surface area contributed by atoms with E-state index in [-0.39, 0.29) is 18.3 Å². The van der Waals surface area contributed by atoms with Crippen molar-refractivity contribution in [3.8, 4) is 0 Å². The molecule has 1 saturated heterocycles. The third-order valence-electron chi connectivity index (χ3n) is 2.24. The Morgan fingerprint density at radius 2 is 2.38 bits per heavy atom. The van der Waals surface area contributed by atoms with Crippen LogP contribution >= 0.6 is 12.4 Å². The summed E-state index contributed by atoms with van der Waals surface area (Å²) in [5.41, 5.74) is 0. The molecule has 1 rings (SSSR count). The summed E-state index contributed by atoms with van der Waals surface area (Å²) in [4.78, 5) is 10.7. The standard InChI is InChI=1S/C8H15NO3.ClH/c1-9-7(8(10)11)6-3-2-4-12-5-6;/h6-7,9H,2-5H2,1H3,(H,10,11);1H. The minimum Gasteiger partial charge on any atom is -0.480 e. The number of carbonyl (C=O) groups is 1. The highest BCUT2D eigenvalue weighted by Crippen LogP contribution is 2.17. The molecule has 0 amide bonds. The highest BCUT2D eigenvalue weighted by molar-refractivity contribution is 5.85. The van der Waals surface area contributed by atoms with Gasteiger partial charge >= 0.3 is 5.97 Å². The fourth-order valence-electron chi connectivity index (χ4n) is 1.59. The van der Waals surface area contributed by atoms with E-state index in [0.717, 1.165) is 19.4 Å². The van der Waals surface area contributed by atoms with Gasteiger partial charge < -0.3 is 15.2 Å². The van der Waals surface area contributed by atoms with Crippen LogP contribution in [0.1, 0.15) is 12.8 Å². The molecule has 2 N–H and O–H groups in total. The molecule has 0 aromatic heterocycles. The van der Waals surface area contributed by atoms with Gasteiger partial charge in [0.25, 0.3) is 0 Å². The van der Waals surface area contributed by atoms with E-state index in [4.69, 9.17) is 9.84 Å². The largest absolute Gasteiger partial charge is 0.480 e. The first-order valence-electron chi connectivity index (χ1n) is 4.23. The second kappa shape index (κ2) is 6.18. The lowest BCUT2D eigenvalue weighted by Gasteiger charge is -2.26. The number of carboxylic acids is 1. The Morgan fingerprint density at radius 3 is 2.77 bits per heavy atom. The molecule has 0 aliphatic carbocycles. The van der Waals surface area contributed by atoms with Gasteiger partial charge in [0.1, 0.15) is 6.04 Å². The van der Waals surface area contributed by atoms with Gasteiger partial charge in [-0.1, -0.05) is 0 Å². The minimum absolute atomic E-state index is 0. The number of likely N-dealkylation sites (N-methyl/N-ethyl adjacent to an activating group) is 1. The second-order valence-electron chi connectivity index (χ2n) is 3.08. The number of ether oxygens (including phenoxy) is 1. The summed E-state index contributed by atoms with van der Waals surface area (Å²) in [7, 11) is 1.67. The summed E-state index contributed by atoms with van der Waals surface area (Å²) in [5, 5.41) is 11.6. The fourth-order valence-corrected chi connectivity index (χ4v) is 1.59. The van der Waals surface area contributed by atoms with Crippen LogP contribution in [0.4, 0.5) is 0 Å². The number of nitrogens with one attached hydrogen (secondary N) is 1. The van der Waals surface area contributed by atoms with Gasteiger partial charge in [-0.25, -0.2) is 0 Å². The smallest absolute Gasteiger partial charge is 0.321 e. The molecule has 0 spiro atoms. The summed E-state index contributed by atoms with van der Waals surface area (Å²) in [6, 6.07) is -0.453. The number of hydrogen-bond acceptors (Lipinski definition) is 3. The van der Waals surface area contributed by atoms with Gasteiger partial charge in [-0.3, -0.25) is 4.79 Å². The molecule has 13 heavy (non-hydrogen) atoms. The van der Waals surface area contributed by atoms with Crippen molar-refractivity contribution in [1.82, 2.24) is 5.32 Å². The molecule has 1 fully saturated rings. The Kier molecular flexibility index (Phi) is 6.03. The monoisotopic (exact) mass is 209 g/mol. The van der Waals surface area contributed by atoms with E-state index in [2.05, 4.69) is 5.32 Å². The van der Waals surface area contributed by atoms with Crippen LogP contribution in [-0.4, -0.2) is 37.4 Å². The van der Waals surface area contributed by atoms with Crippen molar-refractivity contribution in [2.45, 2.75) is 18.9 Å². The molecule has 0 aromatic rings. The predicted octanol–water partition coefficient (Wildman–Crippen LogP) is 0.507. The first-order valence-corrected chi connectivity index (χ1v) is 4.23. The zero-order valence-corrected chi connectivity index (χ0v) is 8.47. The summed E-state index contributed by atoms with van der Waals surface area (Å²) in [6.45, 7) is 1.34. The highest BCUT2D eigenvalue weighted by atomic mass is 35.5. The average molecular weight is 210 g/mol. The van der Waals surface area contributed by atoms with E-state index in [0.29, 0.717) is 6.61 Å². The first-order chi connectivity index (χ1) is 5.75. The third-order valence-corrected chi connectivity index (χ3v) is 2.24. The van der Waals surface area contributed by atoms with Crippen molar-refractivity contribution in [3.05, 3.63) is 0 Å². The second-order valence-corrected chi connectivity index (χ2v) is 3.08. The summed E-state index contributed by atoms with van der Waals surface area (Å²) in [5.74, 6) is -0.658. The minimum atomic E-state index is -0.784. The predicted molar refractivity (Wildman–Crippen MR) is 51.3 cm³/mol. The Morgan fingerprint density at radius 1 is 1.69 bits per heavy atom. The van der Waals surface area contributed by atoms with Gasteiger partial charge in [-0.05, 0) is 19.9 Å². The van der Waals surface area contributed by atoms with Crippen molar-refractivity contribution in [3.63, 3.8) is 0 Å². The van der Waals surface area contributed by atoms with Crippen LogP contribution < -0.4 is 5.32 Å². The number of carboxylic acid groups (broad SMARTS) is 1. The van der Waals surface area contributed by atoms with Gasteiger partial charge in [0.2, 0.25) is 0 Å². The SMILES string of the molecule is CNC(C(=O)O)C1CCCOC1.Cl. The van der Waals surface area contributed by atoms with E-state index in [1.54, 1.807) is 7.05 Å². The quantitative estimate of drug-likeness (QED) is 0.711. The first kappa shape index (κ1) is 12.7. The molecule has 0 aromatic carbocycles. The van der Waals surface area contributed by atoms with Crippen molar-refractivity contribution >= 4 is 18.4 Å². The van der Waals surface area contributed by atoms with Crippen molar-refractivity contribution in [2.75, 3.05) is 20.3 Å². The fraction of sp³-hybridized carbons (Fsp3) is 0.875. The molecular weight excluding hydrogens is 194 g/mol. The van der Waals surface area contributed by atoms with Gasteiger partial charge in [0.05, 0.1) is 6.61 Å². The van der Waals surface area contributed by atoms with Crippen molar-refractivity contribution < 1.29 is 14.6 Å². The highest BCUT2D eigenvalue weighted by Gasteiger charge is 2.28. The van der Waals surface area contributed by atoms with Gasteiger partial charge in [0, 0.05) is 12.5 Å². The summed E-state index contributed by atoms with van der Waals surface area (Å²) >= 11 is 0. The van der Waals surface area contributed by atoms with E-state index < -0.39 is 12.0 Å². The Hall–Kier alpha value is -0.320. The van der Waals surface area contributed by atoms with Gasteiger partial charge in [-0.15, -0.1) is 12.4 Å². The lowest BCUT2D eigenvalue weighted by atomic mass is 9.94. The lowest BCUT2D eigenvalue weighted by Crippen LogP contribution is -2.44. The molecule has 0 bridgehead atoms. The Balaban J connectivity index is 0.00000144. The van der Waals surface area contributed by atoms with Crippen molar-refractivity contribution in [1.29, 1.82) is 0 Å². The maximum absolute atomic E-state index is 10.7. The zero-order valence-electron chi connectivity index (χ0n) is 7.66. The lowest BCUT2D eigenvalue weighted by molar-refractivity contribution is -0.142. The van der Waals surface area contributed by atoms with Crippen LogP contribution in [0.5, 0.6) is 0 Å². The topological polar surface area (TPSA) is 58.6 Å². The molecular formula is C8H16ClNO3. The number of rotatable bonds is 3.